The molecule has 5 nitrogen and oxygen atoms in total. The molecule has 0 saturated heterocycles. The van der Waals surface area contributed by atoms with E-state index in [2.05, 4.69) is 5.32 Å². The summed E-state index contributed by atoms with van der Waals surface area (Å²) >= 11 is 0. The van der Waals surface area contributed by atoms with E-state index in [0.717, 1.165) is 33.6 Å². The van der Waals surface area contributed by atoms with Crippen LogP contribution in [0.25, 0.3) is 5.57 Å². The Labute approximate surface area is 201 Å². The highest BCUT2D eigenvalue weighted by Crippen LogP contribution is 2.33. The van der Waals surface area contributed by atoms with E-state index in [4.69, 9.17) is 4.74 Å². The minimum Gasteiger partial charge on any atom is -0.491 e. The van der Waals surface area contributed by atoms with Gasteiger partial charge < -0.3 is 10.1 Å². The summed E-state index contributed by atoms with van der Waals surface area (Å²) in [6.45, 7) is 10.2. The van der Waals surface area contributed by atoms with Gasteiger partial charge in [0.2, 0.25) is 0 Å². The molecule has 174 valence electrons. The lowest BCUT2D eigenvalue weighted by atomic mass is 9.99. The van der Waals surface area contributed by atoms with Crippen LogP contribution in [-0.2, 0) is 16.1 Å². The number of imide groups is 1. The molecule has 2 amide bonds. The summed E-state index contributed by atoms with van der Waals surface area (Å²) in [5, 5.41) is 3.22. The predicted molar refractivity (Wildman–Crippen MR) is 135 cm³/mol. The van der Waals surface area contributed by atoms with Crippen molar-refractivity contribution in [3.63, 3.8) is 0 Å². The number of rotatable bonds is 7. The van der Waals surface area contributed by atoms with Crippen LogP contribution >= 0.6 is 0 Å². The van der Waals surface area contributed by atoms with Crippen LogP contribution in [0.3, 0.4) is 0 Å². The number of hydrogen-bond acceptors (Lipinski definition) is 4. The first-order chi connectivity index (χ1) is 16.2. The van der Waals surface area contributed by atoms with Crippen molar-refractivity contribution in [2.24, 2.45) is 0 Å². The minimum atomic E-state index is -0.332. The molecule has 0 unspecified atom stereocenters. The van der Waals surface area contributed by atoms with Gasteiger partial charge in [0, 0.05) is 5.69 Å². The van der Waals surface area contributed by atoms with Crippen LogP contribution in [0, 0.1) is 20.8 Å². The maximum Gasteiger partial charge on any atom is 0.278 e. The van der Waals surface area contributed by atoms with E-state index in [1.54, 1.807) is 0 Å². The highest BCUT2D eigenvalue weighted by molar-refractivity contribution is 6.36. The van der Waals surface area contributed by atoms with Crippen LogP contribution in [-0.4, -0.2) is 22.8 Å². The van der Waals surface area contributed by atoms with Crippen molar-refractivity contribution in [1.29, 1.82) is 0 Å². The summed E-state index contributed by atoms with van der Waals surface area (Å²) in [7, 11) is 0. The second-order valence-electron chi connectivity index (χ2n) is 9.05. The minimum absolute atomic E-state index is 0.0715. The Bertz CT molecular complexity index is 1260. The first kappa shape index (κ1) is 23.3. The molecule has 1 aliphatic heterocycles. The first-order valence-electron chi connectivity index (χ1n) is 11.5. The molecule has 3 aromatic carbocycles. The van der Waals surface area contributed by atoms with Crippen LogP contribution in [0.2, 0.25) is 0 Å². The Morgan fingerprint density at radius 1 is 0.824 bits per heavy atom. The molecular weight excluding hydrogens is 424 g/mol. The monoisotopic (exact) mass is 454 g/mol. The average molecular weight is 455 g/mol. The van der Waals surface area contributed by atoms with Crippen molar-refractivity contribution in [3.8, 4) is 5.75 Å². The van der Waals surface area contributed by atoms with Gasteiger partial charge in [0.05, 0.1) is 18.2 Å². The molecule has 0 saturated carbocycles. The molecule has 1 heterocycles. The number of anilines is 1. The van der Waals surface area contributed by atoms with Gasteiger partial charge in [-0.2, -0.15) is 0 Å². The number of hydrogen-bond donors (Lipinski definition) is 1. The van der Waals surface area contributed by atoms with Crippen molar-refractivity contribution in [1.82, 2.24) is 4.90 Å². The molecule has 3 aromatic rings. The van der Waals surface area contributed by atoms with Gasteiger partial charge in [0.25, 0.3) is 11.8 Å². The van der Waals surface area contributed by atoms with Crippen molar-refractivity contribution >= 4 is 23.1 Å². The van der Waals surface area contributed by atoms with Gasteiger partial charge in [-0.1, -0.05) is 48.0 Å². The number of aryl methyl sites for hydroxylation is 3. The van der Waals surface area contributed by atoms with Crippen LogP contribution < -0.4 is 10.1 Å². The van der Waals surface area contributed by atoms with E-state index in [1.165, 1.54) is 4.90 Å². The molecule has 5 heteroatoms. The second-order valence-corrected chi connectivity index (χ2v) is 9.05. The van der Waals surface area contributed by atoms with Gasteiger partial charge >= 0.3 is 0 Å². The van der Waals surface area contributed by atoms with Gasteiger partial charge in [-0.25, -0.2) is 0 Å². The topological polar surface area (TPSA) is 58.6 Å². The normalized spacial score (nSPS) is 13.8. The Morgan fingerprint density at radius 3 is 2.12 bits per heavy atom. The Hall–Kier alpha value is -3.86. The predicted octanol–water partition coefficient (Wildman–Crippen LogP) is 5.79. The number of carbonyl (C=O) groups is 2. The molecule has 4 rings (SSSR count). The third-order valence-electron chi connectivity index (χ3n) is 5.92. The standard InChI is InChI=1S/C29H30N2O3/c1-18(2)34-25-14-12-24(13-15-25)30-27-26(23-11-8-20(4)21(5)16-23)28(32)31(29(27)33)17-22-9-6-19(3)7-10-22/h6-16,18,30H,17H2,1-5H3. The Morgan fingerprint density at radius 2 is 1.50 bits per heavy atom. The highest BCUT2D eigenvalue weighted by Gasteiger charge is 2.39. The fraction of sp³-hybridized carbons (Fsp3) is 0.241. The zero-order valence-corrected chi connectivity index (χ0v) is 20.3. The number of nitrogens with one attached hydrogen (secondary N) is 1. The first-order valence-corrected chi connectivity index (χ1v) is 11.5. The van der Waals surface area contributed by atoms with E-state index < -0.39 is 0 Å². The number of nitrogens with zero attached hydrogens (tertiary/aromatic N) is 1. The van der Waals surface area contributed by atoms with E-state index in [0.29, 0.717) is 11.3 Å². The van der Waals surface area contributed by atoms with Crippen molar-refractivity contribution in [2.75, 3.05) is 5.32 Å². The summed E-state index contributed by atoms with van der Waals surface area (Å²) in [5.74, 6) is 0.121. The lowest BCUT2D eigenvalue weighted by Gasteiger charge is -2.16. The number of carbonyl (C=O) groups excluding carboxylic acids is 2. The van der Waals surface area contributed by atoms with E-state index in [-0.39, 0.29) is 30.2 Å². The molecular formula is C29H30N2O3. The van der Waals surface area contributed by atoms with Gasteiger partial charge in [-0.05, 0) is 81.1 Å². The van der Waals surface area contributed by atoms with Crippen molar-refractivity contribution in [3.05, 3.63) is 100 Å². The fourth-order valence-electron chi connectivity index (χ4n) is 3.91. The SMILES string of the molecule is Cc1ccc(CN2C(=O)C(Nc3ccc(OC(C)C)cc3)=C(c3ccc(C)c(C)c3)C2=O)cc1. The Balaban J connectivity index is 1.70. The molecule has 0 fully saturated rings. The smallest absolute Gasteiger partial charge is 0.278 e. The molecule has 0 aromatic heterocycles. The summed E-state index contributed by atoms with van der Waals surface area (Å²) in [5.41, 5.74) is 6.36. The molecule has 1 aliphatic rings. The zero-order valence-electron chi connectivity index (χ0n) is 20.3. The lowest BCUT2D eigenvalue weighted by molar-refractivity contribution is -0.137. The average Bonchev–Trinajstić information content (AvgIpc) is 3.02. The van der Waals surface area contributed by atoms with Crippen molar-refractivity contribution < 1.29 is 14.3 Å². The van der Waals surface area contributed by atoms with Gasteiger partial charge in [0.1, 0.15) is 11.4 Å². The molecule has 34 heavy (non-hydrogen) atoms. The van der Waals surface area contributed by atoms with Gasteiger partial charge in [-0.15, -0.1) is 0 Å². The van der Waals surface area contributed by atoms with Crippen molar-refractivity contribution in [2.45, 2.75) is 47.3 Å². The number of amides is 2. The lowest BCUT2D eigenvalue weighted by Crippen LogP contribution is -2.32. The molecule has 0 bridgehead atoms. The molecule has 0 atom stereocenters. The maximum absolute atomic E-state index is 13.5. The summed E-state index contributed by atoms with van der Waals surface area (Å²) in [4.78, 5) is 28.4. The fourth-order valence-corrected chi connectivity index (χ4v) is 3.91. The zero-order chi connectivity index (χ0) is 24.4. The third-order valence-corrected chi connectivity index (χ3v) is 5.92. The Kier molecular flexibility index (Phi) is 6.55. The summed E-state index contributed by atoms with van der Waals surface area (Å²) < 4.78 is 5.71. The second kappa shape index (κ2) is 9.56. The largest absolute Gasteiger partial charge is 0.491 e. The van der Waals surface area contributed by atoms with E-state index >= 15 is 0 Å². The highest BCUT2D eigenvalue weighted by atomic mass is 16.5. The van der Waals surface area contributed by atoms with E-state index in [9.17, 15) is 9.59 Å². The van der Waals surface area contributed by atoms with Crippen LogP contribution in [0.4, 0.5) is 5.69 Å². The van der Waals surface area contributed by atoms with Gasteiger partial charge in [-0.3, -0.25) is 14.5 Å². The van der Waals surface area contributed by atoms with Crippen LogP contribution in [0.15, 0.2) is 72.4 Å². The number of benzene rings is 3. The number of ether oxygens (including phenoxy) is 1. The third kappa shape index (κ3) is 4.88. The molecule has 0 radical (unpaired) electrons. The summed E-state index contributed by atoms with van der Waals surface area (Å²) in [6, 6.07) is 21.1. The molecule has 1 N–H and O–H groups in total. The van der Waals surface area contributed by atoms with Crippen LogP contribution in [0.5, 0.6) is 5.75 Å². The maximum atomic E-state index is 13.5. The van der Waals surface area contributed by atoms with Gasteiger partial charge in [0.15, 0.2) is 0 Å². The van der Waals surface area contributed by atoms with E-state index in [1.807, 2.05) is 101 Å². The molecule has 0 spiro atoms. The summed E-state index contributed by atoms with van der Waals surface area (Å²) in [6.07, 6.45) is 0.0715. The van der Waals surface area contributed by atoms with Crippen LogP contribution in [0.1, 0.15) is 41.7 Å². The molecule has 0 aliphatic carbocycles. The quantitative estimate of drug-likeness (QED) is 0.459.